The number of carbonyl (C=O) groups is 3. The number of hydrogen-bond acceptors (Lipinski definition) is 11. The molecule has 13 nitrogen and oxygen atoms in total. The highest BCUT2D eigenvalue weighted by Gasteiger charge is 2.26. The summed E-state index contributed by atoms with van der Waals surface area (Å²) < 4.78 is 24.7. The van der Waals surface area contributed by atoms with Crippen molar-refractivity contribution in [3.05, 3.63) is 232 Å². The Bertz CT molecular complexity index is 3780. The molecule has 13 heteroatoms. The maximum absolute atomic E-state index is 13.1. The summed E-state index contributed by atoms with van der Waals surface area (Å²) in [6, 6.07) is 56.5. The van der Waals surface area contributed by atoms with Crippen molar-refractivity contribution in [2.75, 3.05) is 13.2 Å². The van der Waals surface area contributed by atoms with Crippen molar-refractivity contribution in [1.82, 2.24) is 30.3 Å². The van der Waals surface area contributed by atoms with Crippen LogP contribution in [0.1, 0.15) is 166 Å². The molecule has 1 amide bonds. The Kier molecular flexibility index (Phi) is 22.3. The predicted molar refractivity (Wildman–Crippen MR) is 357 cm³/mol. The third-order valence-corrected chi connectivity index (χ3v) is 15.8. The third-order valence-electron chi connectivity index (χ3n) is 15.8. The van der Waals surface area contributed by atoms with E-state index in [1.807, 2.05) is 75.4 Å². The first kappa shape index (κ1) is 65.2. The maximum Gasteiger partial charge on any atom is 0.343 e. The van der Waals surface area contributed by atoms with Crippen molar-refractivity contribution < 1.29 is 33.3 Å². The number of esters is 2. The molecular formula is C77H86N6O7. The fraction of sp³-hybridized carbons (Fsp3) is 0.338. The Morgan fingerprint density at radius 1 is 0.578 bits per heavy atom. The van der Waals surface area contributed by atoms with E-state index in [-0.39, 0.29) is 28.8 Å². The van der Waals surface area contributed by atoms with Gasteiger partial charge in [-0.3, -0.25) is 9.78 Å². The number of nitrogens with one attached hydrogen (secondary N) is 1. The van der Waals surface area contributed by atoms with Gasteiger partial charge in [0.05, 0.1) is 48.2 Å². The summed E-state index contributed by atoms with van der Waals surface area (Å²) in [5, 5.41) is 11.7. The number of benzene rings is 6. The molecule has 8 bridgehead atoms. The molecule has 0 fully saturated rings. The fourth-order valence-electron chi connectivity index (χ4n) is 10.6. The van der Waals surface area contributed by atoms with Crippen LogP contribution in [0.4, 0.5) is 0 Å². The molecular weight excluding hydrogens is 1120 g/mol. The van der Waals surface area contributed by atoms with Gasteiger partial charge in [-0.25, -0.2) is 19.3 Å². The van der Waals surface area contributed by atoms with Gasteiger partial charge in [-0.2, -0.15) is 0 Å². The number of aryl methyl sites for hydroxylation is 3. The highest BCUT2D eigenvalue weighted by atomic mass is 16.5. The van der Waals surface area contributed by atoms with Crippen LogP contribution in [-0.2, 0) is 46.2 Å². The highest BCUT2D eigenvalue weighted by Crippen LogP contribution is 2.32. The van der Waals surface area contributed by atoms with E-state index in [1.165, 1.54) is 47.1 Å². The quantitative estimate of drug-likeness (QED) is 0.0971. The Labute approximate surface area is 531 Å². The molecule has 13 rings (SSSR count). The van der Waals surface area contributed by atoms with E-state index in [1.54, 1.807) is 48.7 Å². The van der Waals surface area contributed by atoms with E-state index in [9.17, 15) is 14.4 Å². The smallest absolute Gasteiger partial charge is 0.343 e. The van der Waals surface area contributed by atoms with Gasteiger partial charge in [0.2, 0.25) is 0 Å². The number of pyridine rings is 2. The van der Waals surface area contributed by atoms with Crippen molar-refractivity contribution >= 4 is 17.8 Å². The maximum atomic E-state index is 13.1. The summed E-state index contributed by atoms with van der Waals surface area (Å²) in [5.74, 6) is 1.09. The molecule has 0 aliphatic carbocycles. The molecule has 7 heterocycles. The molecule has 1 N–H and O–H groups in total. The Balaban J connectivity index is 0.000000227. The number of hydrogen-bond donors (Lipinski definition) is 1. The van der Waals surface area contributed by atoms with E-state index >= 15 is 0 Å². The molecule has 4 aliphatic rings. The van der Waals surface area contributed by atoms with Gasteiger partial charge in [-0.1, -0.05) is 145 Å². The van der Waals surface area contributed by atoms with Crippen LogP contribution in [0.15, 0.2) is 182 Å². The van der Waals surface area contributed by atoms with E-state index in [0.29, 0.717) is 35.5 Å². The average Bonchev–Trinajstić information content (AvgIpc) is 1.43. The molecule has 466 valence electrons. The molecule has 0 spiro atoms. The zero-order valence-electron chi connectivity index (χ0n) is 53.8. The molecule has 90 heavy (non-hydrogen) atoms. The van der Waals surface area contributed by atoms with Crippen molar-refractivity contribution in [2.45, 2.75) is 156 Å². The molecule has 4 aliphatic heterocycles. The van der Waals surface area contributed by atoms with Gasteiger partial charge in [0.15, 0.2) is 6.04 Å². The molecule has 0 saturated carbocycles. The van der Waals surface area contributed by atoms with Crippen molar-refractivity contribution in [1.29, 1.82) is 0 Å². The SMILES string of the molecule is Cc1cc(OC(=O)c2ccc(C(=O)NCc3cc(C(C)(C)C)cc(C(C)(C)C)c3)cc2)ccc1-c1cn([C@@H](Cc2ccccc2)C(=O)OC(C)C)nn1.c1cc2nc(c1)-c1cccc(n1)-c1ccc(cc1)OCCCCCCCCOc1ccc(cc1)CCC2. The minimum Gasteiger partial charge on any atom is -0.494 e. The molecule has 0 saturated heterocycles. The number of aromatic nitrogens is 5. The largest absolute Gasteiger partial charge is 0.494 e. The van der Waals surface area contributed by atoms with E-state index in [0.717, 1.165) is 107 Å². The number of carbonyl (C=O) groups excluding carboxylic acids is 3. The molecule has 0 unspecified atom stereocenters. The van der Waals surface area contributed by atoms with Crippen LogP contribution >= 0.6 is 0 Å². The molecule has 6 aromatic carbocycles. The Morgan fingerprint density at radius 3 is 1.81 bits per heavy atom. The molecule has 0 radical (unpaired) electrons. The summed E-state index contributed by atoms with van der Waals surface area (Å²) in [4.78, 5) is 49.1. The second-order valence-electron chi connectivity index (χ2n) is 25.6. The Morgan fingerprint density at radius 2 is 1.18 bits per heavy atom. The Hall–Kier alpha value is -9.23. The van der Waals surface area contributed by atoms with Gasteiger partial charge < -0.3 is 24.3 Å². The van der Waals surface area contributed by atoms with E-state index in [2.05, 4.69) is 136 Å². The standard InChI is InChI=1S/C44H50N4O5.C33H36N2O2/c1-28(2)52-42(51)39(24-30-13-11-10-12-14-30)48-27-38(46-47-48)37-20-19-36(21-29(37)3)53-41(50)33-17-15-32(16-18-33)40(49)45-26-31-22-34(43(4,5)6)25-35(23-31)44(7,8)9;1-2-4-6-25-37-30-22-18-27(19-23-30)31-13-9-15-33(35-31)32-14-8-12-28(34-32)11-7-10-26-16-20-29(21-17-26)36-24-5-3-1/h10-23,25,27-28,39H,24,26H2,1-9H3,(H,45,49);8-9,12-23H,1-7,10-11,24-25H2/t39-;/m0./s1. The van der Waals surface area contributed by atoms with Gasteiger partial charge >= 0.3 is 11.9 Å². The molecule has 9 aromatic rings. The zero-order valence-corrected chi connectivity index (χ0v) is 53.8. The van der Waals surface area contributed by atoms with Gasteiger partial charge in [0.25, 0.3) is 5.91 Å². The molecule has 3 aromatic heterocycles. The third kappa shape index (κ3) is 18.9. The summed E-state index contributed by atoms with van der Waals surface area (Å²) in [7, 11) is 0. The second kappa shape index (κ2) is 30.8. The summed E-state index contributed by atoms with van der Waals surface area (Å²) in [5.41, 5.74) is 13.6. The van der Waals surface area contributed by atoms with Gasteiger partial charge in [-0.15, -0.1) is 5.10 Å². The number of rotatable bonds is 11. The number of ether oxygens (including phenoxy) is 4. The van der Waals surface area contributed by atoms with Gasteiger partial charge in [0.1, 0.15) is 22.9 Å². The fourth-order valence-corrected chi connectivity index (χ4v) is 10.6. The minimum atomic E-state index is -0.689. The minimum absolute atomic E-state index is 0.0227. The van der Waals surface area contributed by atoms with Crippen LogP contribution in [0.5, 0.6) is 17.2 Å². The van der Waals surface area contributed by atoms with Crippen LogP contribution in [-0.4, -0.2) is 62.1 Å². The number of amides is 1. The normalized spacial score (nSPS) is 13.6. The highest BCUT2D eigenvalue weighted by molar-refractivity contribution is 5.96. The lowest BCUT2D eigenvalue weighted by Gasteiger charge is -2.26. The second-order valence-corrected chi connectivity index (χ2v) is 25.6. The zero-order chi connectivity index (χ0) is 63.6. The van der Waals surface area contributed by atoms with Crippen LogP contribution in [0.3, 0.4) is 0 Å². The van der Waals surface area contributed by atoms with Gasteiger partial charge in [-0.05, 0) is 200 Å². The van der Waals surface area contributed by atoms with Crippen LogP contribution < -0.4 is 19.5 Å². The lowest BCUT2D eigenvalue weighted by atomic mass is 9.79. The lowest BCUT2D eigenvalue weighted by molar-refractivity contribution is -0.151. The van der Waals surface area contributed by atoms with E-state index in [4.69, 9.17) is 28.9 Å². The van der Waals surface area contributed by atoms with Crippen molar-refractivity contribution in [2.24, 2.45) is 0 Å². The number of nitrogens with zero attached hydrogens (tertiary/aromatic N) is 5. The predicted octanol–water partition coefficient (Wildman–Crippen LogP) is 16.8. The van der Waals surface area contributed by atoms with Crippen LogP contribution in [0.25, 0.3) is 33.9 Å². The van der Waals surface area contributed by atoms with Crippen molar-refractivity contribution in [3.8, 4) is 51.2 Å². The van der Waals surface area contributed by atoms with Crippen molar-refractivity contribution in [3.63, 3.8) is 0 Å². The lowest BCUT2D eigenvalue weighted by Crippen LogP contribution is -2.26. The van der Waals surface area contributed by atoms with Gasteiger partial charge in [0, 0.05) is 35.3 Å². The average molecular weight is 1210 g/mol. The van der Waals surface area contributed by atoms with E-state index < -0.39 is 12.0 Å². The first-order valence-electron chi connectivity index (χ1n) is 31.7. The summed E-state index contributed by atoms with van der Waals surface area (Å²) in [6.45, 7) is 20.6. The van der Waals surface area contributed by atoms with Crippen LogP contribution in [0.2, 0.25) is 0 Å². The first-order valence-corrected chi connectivity index (χ1v) is 31.7. The van der Waals surface area contributed by atoms with Crippen LogP contribution in [0, 0.1) is 6.92 Å². The molecule has 1 atom stereocenters. The monoisotopic (exact) mass is 1210 g/mol. The first-order chi connectivity index (χ1) is 43.3. The summed E-state index contributed by atoms with van der Waals surface area (Å²) >= 11 is 0. The topological polar surface area (TPSA) is 157 Å². The summed E-state index contributed by atoms with van der Waals surface area (Å²) in [6.07, 6.45) is 12.0.